The maximum Gasteiger partial charge on any atom is 0.311 e. The van der Waals surface area contributed by atoms with Crippen molar-refractivity contribution in [2.75, 3.05) is 6.61 Å². The van der Waals surface area contributed by atoms with Crippen LogP contribution in [0.2, 0.25) is 0 Å². The molecule has 2 aromatic rings. The van der Waals surface area contributed by atoms with Crippen molar-refractivity contribution in [1.29, 1.82) is 0 Å². The maximum absolute atomic E-state index is 13.1. The van der Waals surface area contributed by atoms with Gasteiger partial charge in [-0.15, -0.1) is 11.3 Å². The van der Waals surface area contributed by atoms with Gasteiger partial charge in [0.2, 0.25) is 5.75 Å². The molecule has 1 heterocycles. The van der Waals surface area contributed by atoms with Crippen LogP contribution < -0.4 is 10.1 Å². The third kappa shape index (κ3) is 4.01. The van der Waals surface area contributed by atoms with Crippen molar-refractivity contribution in [3.63, 3.8) is 0 Å². The average molecular weight is 324 g/mol. The van der Waals surface area contributed by atoms with E-state index in [0.717, 1.165) is 23.1 Å². The molecule has 1 unspecified atom stereocenters. The normalized spacial score (nSPS) is 11.7. The lowest BCUT2D eigenvalue weighted by Gasteiger charge is -2.12. The zero-order chi connectivity index (χ0) is 16.1. The molecule has 0 aliphatic heterocycles. The number of amides is 1. The summed E-state index contributed by atoms with van der Waals surface area (Å²) in [6.07, 6.45) is 0. The summed E-state index contributed by atoms with van der Waals surface area (Å²) in [5.41, 5.74) is -0.388. The number of rotatable bonds is 6. The van der Waals surface area contributed by atoms with Crippen LogP contribution >= 0.6 is 11.3 Å². The largest absolute Gasteiger partial charge is 0.477 e. The first kappa shape index (κ1) is 15.9. The number of halogens is 1. The molecule has 1 amide bonds. The van der Waals surface area contributed by atoms with E-state index < -0.39 is 23.3 Å². The first-order valence-corrected chi connectivity index (χ1v) is 7.25. The molecule has 1 N–H and O–H groups in total. The second-order valence-electron chi connectivity index (χ2n) is 4.46. The van der Waals surface area contributed by atoms with Crippen LogP contribution in [0.3, 0.4) is 0 Å². The van der Waals surface area contributed by atoms with Crippen LogP contribution in [-0.2, 0) is 4.79 Å². The van der Waals surface area contributed by atoms with Crippen molar-refractivity contribution in [1.82, 2.24) is 5.32 Å². The Morgan fingerprint density at radius 1 is 1.50 bits per heavy atom. The first-order valence-electron chi connectivity index (χ1n) is 6.37. The molecule has 1 atom stereocenters. The summed E-state index contributed by atoms with van der Waals surface area (Å²) in [5, 5.41) is 15.4. The number of benzene rings is 1. The van der Waals surface area contributed by atoms with Crippen LogP contribution in [-0.4, -0.2) is 17.4 Å². The minimum atomic E-state index is -0.694. The number of ether oxygens (including phenoxy) is 1. The molecule has 1 aromatic heterocycles. The van der Waals surface area contributed by atoms with Gasteiger partial charge in [0.15, 0.2) is 6.61 Å². The standard InChI is InChI=1S/C14H13FN2O4S/c1-9(13-3-2-6-22-13)16-14(18)8-21-12-7-10(15)4-5-11(12)17(19)20/h2-7,9H,8H2,1H3,(H,16,18). The highest BCUT2D eigenvalue weighted by molar-refractivity contribution is 7.10. The first-order chi connectivity index (χ1) is 10.5. The van der Waals surface area contributed by atoms with Gasteiger partial charge in [0.1, 0.15) is 5.82 Å². The quantitative estimate of drug-likeness (QED) is 0.654. The second-order valence-corrected chi connectivity index (χ2v) is 5.44. The van der Waals surface area contributed by atoms with E-state index in [4.69, 9.17) is 4.74 Å². The Labute approximate surface area is 129 Å². The van der Waals surface area contributed by atoms with Gasteiger partial charge >= 0.3 is 5.69 Å². The van der Waals surface area contributed by atoms with Crippen LogP contribution in [0.15, 0.2) is 35.7 Å². The van der Waals surface area contributed by atoms with Crippen LogP contribution in [0.1, 0.15) is 17.8 Å². The number of carbonyl (C=O) groups is 1. The molecule has 0 aliphatic carbocycles. The molecule has 22 heavy (non-hydrogen) atoms. The predicted octanol–water partition coefficient (Wildman–Crippen LogP) is 3.05. The summed E-state index contributed by atoms with van der Waals surface area (Å²) in [5.74, 6) is -1.39. The van der Waals surface area contributed by atoms with Crippen molar-refractivity contribution in [2.45, 2.75) is 13.0 Å². The van der Waals surface area contributed by atoms with Crippen molar-refractivity contribution in [3.8, 4) is 5.75 Å². The van der Waals surface area contributed by atoms with Crippen LogP contribution in [0.5, 0.6) is 5.75 Å². The molecule has 0 spiro atoms. The Hall–Kier alpha value is -2.48. The van der Waals surface area contributed by atoms with Gasteiger partial charge in [0, 0.05) is 17.0 Å². The number of thiophene rings is 1. The van der Waals surface area contributed by atoms with E-state index in [1.807, 2.05) is 24.4 Å². The number of carbonyl (C=O) groups excluding carboxylic acids is 1. The van der Waals surface area contributed by atoms with Gasteiger partial charge in [-0.3, -0.25) is 14.9 Å². The van der Waals surface area contributed by atoms with E-state index in [1.165, 1.54) is 11.3 Å². The van der Waals surface area contributed by atoms with Crippen molar-refractivity contribution in [2.24, 2.45) is 0 Å². The molecule has 0 saturated heterocycles. The Morgan fingerprint density at radius 2 is 2.27 bits per heavy atom. The number of hydrogen-bond donors (Lipinski definition) is 1. The molecule has 6 nitrogen and oxygen atoms in total. The highest BCUT2D eigenvalue weighted by Crippen LogP contribution is 2.27. The molecular formula is C14H13FN2O4S. The maximum atomic E-state index is 13.1. The molecule has 8 heteroatoms. The van der Waals surface area contributed by atoms with Crippen LogP contribution in [0, 0.1) is 15.9 Å². The molecule has 0 saturated carbocycles. The van der Waals surface area contributed by atoms with E-state index >= 15 is 0 Å². The van der Waals surface area contributed by atoms with E-state index in [9.17, 15) is 19.3 Å². The third-order valence-corrected chi connectivity index (χ3v) is 3.88. The number of nitrogens with one attached hydrogen (secondary N) is 1. The monoisotopic (exact) mass is 324 g/mol. The highest BCUT2D eigenvalue weighted by atomic mass is 32.1. The third-order valence-electron chi connectivity index (χ3n) is 2.82. The van der Waals surface area contributed by atoms with E-state index in [-0.39, 0.29) is 17.5 Å². The van der Waals surface area contributed by atoms with Crippen molar-refractivity contribution in [3.05, 3.63) is 56.5 Å². The molecule has 0 aliphatic rings. The van der Waals surface area contributed by atoms with Crippen LogP contribution in [0.4, 0.5) is 10.1 Å². The number of nitro benzene ring substituents is 1. The lowest BCUT2D eigenvalue weighted by Crippen LogP contribution is -2.31. The zero-order valence-corrected chi connectivity index (χ0v) is 12.4. The lowest BCUT2D eigenvalue weighted by atomic mass is 10.2. The summed E-state index contributed by atoms with van der Waals surface area (Å²) >= 11 is 1.50. The van der Waals surface area contributed by atoms with E-state index in [1.54, 1.807) is 0 Å². The molecule has 0 radical (unpaired) electrons. The fraction of sp³-hybridized carbons (Fsp3) is 0.214. The molecule has 116 valence electrons. The summed E-state index contributed by atoms with van der Waals surface area (Å²) in [6.45, 7) is 1.38. The zero-order valence-electron chi connectivity index (χ0n) is 11.6. The van der Waals surface area contributed by atoms with Gasteiger partial charge in [-0.05, 0) is 24.4 Å². The molecule has 2 rings (SSSR count). The summed E-state index contributed by atoms with van der Waals surface area (Å²) in [7, 11) is 0. The average Bonchev–Trinajstić information content (AvgIpc) is 2.99. The van der Waals surface area contributed by atoms with Gasteiger partial charge in [-0.1, -0.05) is 6.07 Å². The summed E-state index contributed by atoms with van der Waals surface area (Å²) in [6, 6.07) is 6.40. The Balaban J connectivity index is 1.96. The summed E-state index contributed by atoms with van der Waals surface area (Å²) < 4.78 is 18.2. The smallest absolute Gasteiger partial charge is 0.311 e. The number of nitro groups is 1. The molecule has 0 fully saturated rings. The van der Waals surface area contributed by atoms with Gasteiger partial charge in [0.05, 0.1) is 11.0 Å². The van der Waals surface area contributed by atoms with Crippen LogP contribution in [0.25, 0.3) is 0 Å². The summed E-state index contributed by atoms with van der Waals surface area (Å²) in [4.78, 5) is 22.9. The fourth-order valence-electron chi connectivity index (χ4n) is 1.79. The SMILES string of the molecule is CC(NC(=O)COc1cc(F)ccc1[N+](=O)[O-])c1cccs1. The lowest BCUT2D eigenvalue weighted by molar-refractivity contribution is -0.385. The minimum absolute atomic E-state index is 0.196. The van der Waals surface area contributed by atoms with E-state index in [0.29, 0.717) is 0 Å². The Kier molecular flexibility index (Phi) is 5.05. The fourth-order valence-corrected chi connectivity index (χ4v) is 2.52. The highest BCUT2D eigenvalue weighted by Gasteiger charge is 2.18. The predicted molar refractivity (Wildman–Crippen MR) is 79.4 cm³/mol. The Bertz CT molecular complexity index is 675. The Morgan fingerprint density at radius 3 is 2.91 bits per heavy atom. The van der Waals surface area contributed by atoms with Gasteiger partial charge in [-0.2, -0.15) is 0 Å². The molecular weight excluding hydrogens is 311 g/mol. The van der Waals surface area contributed by atoms with Gasteiger partial charge < -0.3 is 10.1 Å². The topological polar surface area (TPSA) is 81.5 Å². The van der Waals surface area contributed by atoms with Gasteiger partial charge in [0.25, 0.3) is 5.91 Å². The second kappa shape index (κ2) is 6.99. The number of hydrogen-bond acceptors (Lipinski definition) is 5. The number of nitrogens with zero attached hydrogens (tertiary/aromatic N) is 1. The van der Waals surface area contributed by atoms with Crippen molar-refractivity contribution >= 4 is 22.9 Å². The molecule has 0 bridgehead atoms. The van der Waals surface area contributed by atoms with Crippen molar-refractivity contribution < 1.29 is 18.8 Å². The van der Waals surface area contributed by atoms with Gasteiger partial charge in [-0.25, -0.2) is 4.39 Å². The molecule has 1 aromatic carbocycles. The van der Waals surface area contributed by atoms with E-state index in [2.05, 4.69) is 5.32 Å². The minimum Gasteiger partial charge on any atom is -0.477 e.